The van der Waals surface area contributed by atoms with Crippen LogP contribution in [0, 0.1) is 38.0 Å². The van der Waals surface area contributed by atoms with Crippen LogP contribution >= 0.6 is 0 Å². The number of nitrogens with zero attached hydrogens (tertiary/aromatic N) is 3. The molecule has 7 nitrogen and oxygen atoms in total. The van der Waals surface area contributed by atoms with Gasteiger partial charge in [-0.05, 0) is 56.9 Å². The van der Waals surface area contributed by atoms with Crippen molar-refractivity contribution in [2.24, 2.45) is 5.92 Å². The molecule has 154 valence electrons. The Labute approximate surface area is 175 Å². The van der Waals surface area contributed by atoms with E-state index in [1.54, 1.807) is 12.1 Å². The molecule has 4 rings (SSSR count). The van der Waals surface area contributed by atoms with E-state index in [0.717, 1.165) is 16.8 Å². The lowest BCUT2D eigenvalue weighted by Crippen LogP contribution is -2.38. The van der Waals surface area contributed by atoms with Crippen LogP contribution in [0.4, 0.5) is 11.6 Å². The number of aromatic nitrogens is 1. The topological polar surface area (TPSA) is 95.3 Å². The number of anilines is 2. The summed E-state index contributed by atoms with van der Waals surface area (Å²) in [5.74, 6) is 1.17. The number of carbonyl (C=O) groups excluding carboxylic acids is 1. The highest BCUT2D eigenvalue weighted by atomic mass is 16.4. The molecule has 30 heavy (non-hydrogen) atoms. The molecule has 1 N–H and O–H groups in total. The van der Waals surface area contributed by atoms with Crippen molar-refractivity contribution in [2.75, 3.05) is 23.3 Å². The van der Waals surface area contributed by atoms with Gasteiger partial charge < -0.3 is 19.1 Å². The molecule has 0 unspecified atom stereocenters. The van der Waals surface area contributed by atoms with Crippen LogP contribution in [0.25, 0.3) is 11.7 Å². The third-order valence-corrected chi connectivity index (χ3v) is 5.53. The first-order valence-electron chi connectivity index (χ1n) is 10.0. The van der Waals surface area contributed by atoms with Gasteiger partial charge in [-0.15, -0.1) is 0 Å². The van der Waals surface area contributed by atoms with Crippen molar-refractivity contribution in [1.82, 2.24) is 4.98 Å². The minimum absolute atomic E-state index is 0.0408. The number of nitrogens with one attached hydrogen (secondary N) is 1. The molecule has 0 atom stereocenters. The fraction of sp³-hybridized carbons (Fsp3) is 0.348. The van der Waals surface area contributed by atoms with Gasteiger partial charge in [-0.3, -0.25) is 4.79 Å². The molecule has 1 fully saturated rings. The van der Waals surface area contributed by atoms with Gasteiger partial charge in [-0.1, -0.05) is 17.7 Å². The summed E-state index contributed by atoms with van der Waals surface area (Å²) < 4.78 is 11.1. The smallest absolute Gasteiger partial charge is 0.266 e. The normalized spacial score (nSPS) is 14.5. The Morgan fingerprint density at radius 2 is 1.93 bits per heavy atom. The number of aryl methyl sites for hydroxylation is 3. The molecule has 2 aromatic heterocycles. The van der Waals surface area contributed by atoms with Crippen molar-refractivity contribution < 1.29 is 13.6 Å². The minimum atomic E-state index is -0.0839. The zero-order valence-electron chi connectivity index (χ0n) is 17.4. The van der Waals surface area contributed by atoms with Crippen LogP contribution in [0.5, 0.6) is 0 Å². The number of oxazole rings is 1. The Balaban J connectivity index is 1.43. The highest BCUT2D eigenvalue weighted by molar-refractivity contribution is 5.94. The molecule has 7 heteroatoms. The summed E-state index contributed by atoms with van der Waals surface area (Å²) in [5, 5.41) is 12.6. The van der Waals surface area contributed by atoms with E-state index in [2.05, 4.69) is 35.4 Å². The lowest BCUT2D eigenvalue weighted by atomic mass is 9.95. The summed E-state index contributed by atoms with van der Waals surface area (Å²) in [7, 11) is 0. The predicted octanol–water partition coefficient (Wildman–Crippen LogP) is 4.59. The number of nitriles is 1. The van der Waals surface area contributed by atoms with Crippen LogP contribution in [-0.4, -0.2) is 24.0 Å². The Bertz CT molecular complexity index is 1080. The molecule has 1 aromatic carbocycles. The van der Waals surface area contributed by atoms with E-state index in [0.29, 0.717) is 37.6 Å². The Hall–Kier alpha value is -3.53. The average molecular weight is 404 g/mol. The molecular formula is C23H24N4O3. The van der Waals surface area contributed by atoms with E-state index < -0.39 is 0 Å². The Kier molecular flexibility index (Phi) is 5.32. The van der Waals surface area contributed by atoms with Gasteiger partial charge in [0, 0.05) is 24.7 Å². The summed E-state index contributed by atoms with van der Waals surface area (Å²) in [6.45, 7) is 7.32. The van der Waals surface area contributed by atoms with Crippen LogP contribution in [0.2, 0.25) is 0 Å². The van der Waals surface area contributed by atoms with E-state index in [1.165, 1.54) is 11.8 Å². The van der Waals surface area contributed by atoms with E-state index in [9.17, 15) is 10.1 Å². The van der Waals surface area contributed by atoms with Gasteiger partial charge in [0.1, 0.15) is 6.07 Å². The molecule has 0 radical (unpaired) electrons. The van der Waals surface area contributed by atoms with Crippen molar-refractivity contribution in [2.45, 2.75) is 33.6 Å². The zero-order chi connectivity index (χ0) is 21.3. The van der Waals surface area contributed by atoms with Crippen LogP contribution in [-0.2, 0) is 4.79 Å². The van der Waals surface area contributed by atoms with Crippen LogP contribution in [0.1, 0.15) is 35.2 Å². The average Bonchev–Trinajstić information content (AvgIpc) is 3.40. The van der Waals surface area contributed by atoms with Crippen LogP contribution < -0.4 is 10.2 Å². The van der Waals surface area contributed by atoms with Crippen molar-refractivity contribution in [3.05, 3.63) is 52.9 Å². The second-order valence-corrected chi connectivity index (χ2v) is 7.79. The second-order valence-electron chi connectivity index (χ2n) is 7.79. The third kappa shape index (κ3) is 3.81. The molecule has 3 aromatic rings. The van der Waals surface area contributed by atoms with Crippen molar-refractivity contribution in [1.29, 1.82) is 5.26 Å². The van der Waals surface area contributed by atoms with Gasteiger partial charge in [0.15, 0.2) is 5.76 Å². The largest absolute Gasteiger partial charge is 0.459 e. The highest BCUT2D eigenvalue weighted by Crippen LogP contribution is 2.32. The van der Waals surface area contributed by atoms with Gasteiger partial charge in [0.2, 0.25) is 17.5 Å². The standard InChI is InChI=1S/C23H24N4O3/c1-14-11-15(2)20(16(3)12-14)26-21(28)17-6-8-27(9-7-17)23-18(13-24)25-22(30-23)19-5-4-10-29-19/h4-5,10-12,17H,6-9H2,1-3H3,(H,26,28). The van der Waals surface area contributed by atoms with Crippen molar-refractivity contribution in [3.63, 3.8) is 0 Å². The fourth-order valence-corrected chi connectivity index (χ4v) is 4.05. The molecule has 0 bridgehead atoms. The summed E-state index contributed by atoms with van der Waals surface area (Å²) in [6, 6.07) is 9.73. The van der Waals surface area contributed by atoms with E-state index >= 15 is 0 Å². The lowest BCUT2D eigenvalue weighted by Gasteiger charge is -2.31. The number of amides is 1. The first kappa shape index (κ1) is 19.8. The van der Waals surface area contributed by atoms with Gasteiger partial charge in [0.05, 0.1) is 6.26 Å². The molecule has 1 amide bonds. The van der Waals surface area contributed by atoms with E-state index in [-0.39, 0.29) is 23.4 Å². The molecule has 0 saturated carbocycles. The zero-order valence-corrected chi connectivity index (χ0v) is 17.4. The molecule has 1 saturated heterocycles. The monoisotopic (exact) mass is 404 g/mol. The van der Waals surface area contributed by atoms with Crippen molar-refractivity contribution in [3.8, 4) is 17.7 Å². The third-order valence-electron chi connectivity index (χ3n) is 5.53. The molecule has 1 aliphatic rings. The van der Waals surface area contributed by atoms with Crippen LogP contribution in [0.15, 0.2) is 39.4 Å². The maximum absolute atomic E-state index is 12.9. The molecule has 1 aliphatic heterocycles. The number of benzene rings is 1. The Morgan fingerprint density at radius 1 is 1.23 bits per heavy atom. The van der Waals surface area contributed by atoms with Gasteiger partial charge in [0.25, 0.3) is 5.89 Å². The number of hydrogen-bond acceptors (Lipinski definition) is 6. The lowest BCUT2D eigenvalue weighted by molar-refractivity contribution is -0.120. The summed E-state index contributed by atoms with van der Waals surface area (Å²) in [5.41, 5.74) is 4.46. The summed E-state index contributed by atoms with van der Waals surface area (Å²) in [4.78, 5) is 19.1. The quantitative estimate of drug-likeness (QED) is 0.683. The number of furan rings is 1. The van der Waals surface area contributed by atoms with Gasteiger partial charge in [-0.25, -0.2) is 0 Å². The van der Waals surface area contributed by atoms with E-state index in [1.807, 2.05) is 18.7 Å². The summed E-state index contributed by atoms with van der Waals surface area (Å²) >= 11 is 0. The molecule has 0 spiro atoms. The number of piperidine rings is 1. The molecular weight excluding hydrogens is 380 g/mol. The molecule has 3 heterocycles. The summed E-state index contributed by atoms with van der Waals surface area (Å²) in [6.07, 6.45) is 2.89. The number of rotatable bonds is 4. The first-order valence-corrected chi connectivity index (χ1v) is 10.0. The van der Waals surface area contributed by atoms with Gasteiger partial charge in [-0.2, -0.15) is 10.2 Å². The van der Waals surface area contributed by atoms with Crippen LogP contribution in [0.3, 0.4) is 0 Å². The predicted molar refractivity (Wildman–Crippen MR) is 113 cm³/mol. The maximum atomic E-state index is 12.9. The molecule has 0 aliphatic carbocycles. The minimum Gasteiger partial charge on any atom is -0.459 e. The maximum Gasteiger partial charge on any atom is 0.266 e. The Morgan fingerprint density at radius 3 is 2.53 bits per heavy atom. The number of hydrogen-bond donors (Lipinski definition) is 1. The van der Waals surface area contributed by atoms with E-state index in [4.69, 9.17) is 8.83 Å². The number of carbonyl (C=O) groups is 1. The van der Waals surface area contributed by atoms with Gasteiger partial charge >= 0.3 is 0 Å². The highest BCUT2D eigenvalue weighted by Gasteiger charge is 2.29. The van der Waals surface area contributed by atoms with Crippen molar-refractivity contribution >= 4 is 17.5 Å². The second kappa shape index (κ2) is 8.07. The SMILES string of the molecule is Cc1cc(C)c(NC(=O)C2CCN(c3oc(-c4ccco4)nc3C#N)CC2)c(C)c1. The fourth-order valence-electron chi connectivity index (χ4n) is 4.05. The first-order chi connectivity index (χ1) is 14.5.